The lowest BCUT2D eigenvalue weighted by atomic mass is 9.87. The molecule has 2 aromatic carbocycles. The number of carbonyl (C=O) groups excluding carboxylic acids is 2. The molecule has 0 unspecified atom stereocenters. The smallest absolute Gasteiger partial charge is 0.339 e. The lowest BCUT2D eigenvalue weighted by Crippen LogP contribution is -2.39. The van der Waals surface area contributed by atoms with Crippen molar-refractivity contribution in [3.05, 3.63) is 76.4 Å². The Bertz CT molecular complexity index is 1080. The fourth-order valence-electron chi connectivity index (χ4n) is 3.78. The highest BCUT2D eigenvalue weighted by Gasteiger charge is 2.26. The average molecular weight is 409 g/mol. The molecule has 0 fully saturated rings. The number of carbonyl (C=O) groups is 2. The van der Waals surface area contributed by atoms with Crippen LogP contribution >= 0.6 is 11.6 Å². The minimum Gasteiger partial charge on any atom is -0.449 e. The maximum atomic E-state index is 12.7. The molecule has 6 heteroatoms. The van der Waals surface area contributed by atoms with Gasteiger partial charge in [-0.2, -0.15) is 0 Å². The van der Waals surface area contributed by atoms with Gasteiger partial charge in [0, 0.05) is 5.39 Å². The number of para-hydroxylation sites is 1. The van der Waals surface area contributed by atoms with Crippen LogP contribution in [0.25, 0.3) is 10.9 Å². The van der Waals surface area contributed by atoms with Gasteiger partial charge >= 0.3 is 5.97 Å². The Labute approximate surface area is 174 Å². The van der Waals surface area contributed by atoms with E-state index in [4.69, 9.17) is 16.3 Å². The molecule has 1 heterocycles. The minimum absolute atomic E-state index is 0.0650. The highest BCUT2D eigenvalue weighted by molar-refractivity contribution is 6.30. The summed E-state index contributed by atoms with van der Waals surface area (Å²) in [6.45, 7) is 1.58. The maximum absolute atomic E-state index is 12.7. The van der Waals surface area contributed by atoms with Gasteiger partial charge in [-0.05, 0) is 49.4 Å². The molecule has 29 heavy (non-hydrogen) atoms. The number of ether oxygens (including phenoxy) is 1. The second kappa shape index (κ2) is 8.21. The molecule has 5 nitrogen and oxygen atoms in total. The van der Waals surface area contributed by atoms with Gasteiger partial charge in [0.25, 0.3) is 5.91 Å². The Morgan fingerprint density at radius 2 is 1.93 bits per heavy atom. The zero-order valence-electron chi connectivity index (χ0n) is 16.0. The molecular formula is C23H21ClN2O3. The number of fused-ring (bicyclic) bond motifs is 2. The predicted molar refractivity (Wildman–Crippen MR) is 112 cm³/mol. The first kappa shape index (κ1) is 19.4. The van der Waals surface area contributed by atoms with Crippen LogP contribution in [-0.2, 0) is 16.0 Å². The molecule has 4 rings (SSSR count). The summed E-state index contributed by atoms with van der Waals surface area (Å²) in [5.41, 5.74) is 3.29. The van der Waals surface area contributed by atoms with Gasteiger partial charge in [0.05, 0.1) is 17.1 Å². The second-order valence-corrected chi connectivity index (χ2v) is 7.60. The number of aromatic nitrogens is 1. The van der Waals surface area contributed by atoms with Crippen molar-refractivity contribution in [2.45, 2.75) is 38.3 Å². The van der Waals surface area contributed by atoms with Crippen molar-refractivity contribution in [1.82, 2.24) is 10.3 Å². The molecule has 0 spiro atoms. The van der Waals surface area contributed by atoms with E-state index in [0.717, 1.165) is 24.8 Å². The van der Waals surface area contributed by atoms with Crippen LogP contribution < -0.4 is 5.32 Å². The number of aryl methyl sites for hydroxylation is 1. The highest BCUT2D eigenvalue weighted by atomic mass is 35.5. The Balaban J connectivity index is 1.48. The van der Waals surface area contributed by atoms with Gasteiger partial charge in [0.2, 0.25) is 0 Å². The van der Waals surface area contributed by atoms with E-state index in [1.165, 1.54) is 11.6 Å². The topological polar surface area (TPSA) is 68.3 Å². The summed E-state index contributed by atoms with van der Waals surface area (Å²) < 4.78 is 5.45. The number of hydrogen-bond donors (Lipinski definition) is 1. The average Bonchev–Trinajstić information content (AvgIpc) is 2.73. The zero-order chi connectivity index (χ0) is 20.4. The normalized spacial score (nSPS) is 16.7. The van der Waals surface area contributed by atoms with Gasteiger partial charge in [-0.1, -0.05) is 54.1 Å². The fourth-order valence-corrected chi connectivity index (χ4v) is 3.98. The van der Waals surface area contributed by atoms with Crippen molar-refractivity contribution in [2.24, 2.45) is 0 Å². The first-order valence-corrected chi connectivity index (χ1v) is 10.0. The van der Waals surface area contributed by atoms with E-state index in [1.54, 1.807) is 19.1 Å². The molecule has 148 valence electrons. The van der Waals surface area contributed by atoms with Crippen LogP contribution in [0.1, 0.15) is 47.3 Å². The third-order valence-electron chi connectivity index (χ3n) is 5.24. The Kier molecular flexibility index (Phi) is 5.49. The van der Waals surface area contributed by atoms with E-state index in [1.807, 2.05) is 30.3 Å². The number of pyridine rings is 1. The van der Waals surface area contributed by atoms with Gasteiger partial charge in [-0.3, -0.25) is 4.79 Å². The molecule has 0 saturated carbocycles. The van der Waals surface area contributed by atoms with E-state index < -0.39 is 12.1 Å². The number of rotatable bonds is 4. The van der Waals surface area contributed by atoms with Crippen LogP contribution in [0.15, 0.2) is 54.6 Å². The van der Waals surface area contributed by atoms with Crippen molar-refractivity contribution in [1.29, 1.82) is 0 Å². The van der Waals surface area contributed by atoms with E-state index in [0.29, 0.717) is 16.5 Å². The fraction of sp³-hybridized carbons (Fsp3) is 0.261. The van der Waals surface area contributed by atoms with Crippen molar-refractivity contribution in [3.63, 3.8) is 0 Å². The number of halogens is 1. The summed E-state index contributed by atoms with van der Waals surface area (Å²) in [5.74, 6) is -0.915. The molecule has 1 aliphatic rings. The molecular weight excluding hydrogens is 388 g/mol. The molecule has 1 aliphatic carbocycles. The number of esters is 1. The zero-order valence-corrected chi connectivity index (χ0v) is 16.8. The third kappa shape index (κ3) is 4.10. The van der Waals surface area contributed by atoms with Gasteiger partial charge in [-0.25, -0.2) is 9.78 Å². The number of benzene rings is 2. The highest BCUT2D eigenvalue weighted by Crippen LogP contribution is 2.29. The summed E-state index contributed by atoms with van der Waals surface area (Å²) in [7, 11) is 0. The monoisotopic (exact) mass is 408 g/mol. The van der Waals surface area contributed by atoms with Crippen molar-refractivity contribution < 1.29 is 14.3 Å². The van der Waals surface area contributed by atoms with E-state index in [9.17, 15) is 9.59 Å². The molecule has 0 aliphatic heterocycles. The lowest BCUT2D eigenvalue weighted by Gasteiger charge is -2.27. The van der Waals surface area contributed by atoms with Gasteiger partial charge in [-0.15, -0.1) is 0 Å². The van der Waals surface area contributed by atoms with Crippen molar-refractivity contribution in [3.8, 4) is 0 Å². The van der Waals surface area contributed by atoms with E-state index in [-0.39, 0.29) is 17.1 Å². The largest absolute Gasteiger partial charge is 0.449 e. The SMILES string of the molecule is C[C@H](OC(=O)c1cc(Cl)nc2ccccc12)C(=O)N[C@@H]1CCCc2ccccc21. The van der Waals surface area contributed by atoms with Crippen LogP contribution in [0.2, 0.25) is 5.15 Å². The number of hydrogen-bond acceptors (Lipinski definition) is 4. The molecule has 1 aromatic heterocycles. The lowest BCUT2D eigenvalue weighted by molar-refractivity contribution is -0.130. The summed E-state index contributed by atoms with van der Waals surface area (Å²) in [4.78, 5) is 29.6. The first-order chi connectivity index (χ1) is 14.0. The Morgan fingerprint density at radius 3 is 2.79 bits per heavy atom. The first-order valence-electron chi connectivity index (χ1n) is 9.67. The third-order valence-corrected chi connectivity index (χ3v) is 5.44. The van der Waals surface area contributed by atoms with Gasteiger partial charge < -0.3 is 10.1 Å². The number of amides is 1. The van der Waals surface area contributed by atoms with Crippen LogP contribution in [0.3, 0.4) is 0 Å². The van der Waals surface area contributed by atoms with Crippen LogP contribution in [0.5, 0.6) is 0 Å². The second-order valence-electron chi connectivity index (χ2n) is 7.21. The minimum atomic E-state index is -0.928. The van der Waals surface area contributed by atoms with Crippen LogP contribution in [0, 0.1) is 0 Å². The summed E-state index contributed by atoms with van der Waals surface area (Å²) in [5, 5.41) is 3.86. The summed E-state index contributed by atoms with van der Waals surface area (Å²) in [6, 6.07) is 16.7. The van der Waals surface area contributed by atoms with Gasteiger partial charge in [0.1, 0.15) is 5.15 Å². The standard InChI is InChI=1S/C23H21ClN2O3/c1-14(22(27)26-19-12-6-8-15-7-2-3-9-16(15)19)29-23(28)18-13-21(24)25-20-11-5-4-10-17(18)20/h2-5,7,9-11,13-14,19H,6,8,12H2,1H3,(H,26,27)/t14-,19+/m0/s1. The van der Waals surface area contributed by atoms with Gasteiger partial charge in [0.15, 0.2) is 6.10 Å². The van der Waals surface area contributed by atoms with Crippen molar-refractivity contribution >= 4 is 34.4 Å². The number of nitrogens with one attached hydrogen (secondary N) is 1. The molecule has 1 amide bonds. The Hall–Kier alpha value is -2.92. The summed E-state index contributed by atoms with van der Waals surface area (Å²) >= 11 is 6.05. The van der Waals surface area contributed by atoms with E-state index >= 15 is 0 Å². The molecule has 0 saturated heterocycles. The molecule has 0 bridgehead atoms. The van der Waals surface area contributed by atoms with Crippen molar-refractivity contribution in [2.75, 3.05) is 0 Å². The maximum Gasteiger partial charge on any atom is 0.339 e. The van der Waals surface area contributed by atoms with Crippen LogP contribution in [-0.4, -0.2) is 23.0 Å². The quantitative estimate of drug-likeness (QED) is 0.505. The number of nitrogens with zero attached hydrogens (tertiary/aromatic N) is 1. The molecule has 2 atom stereocenters. The van der Waals surface area contributed by atoms with Crippen LogP contribution in [0.4, 0.5) is 0 Å². The molecule has 3 aromatic rings. The Morgan fingerprint density at radius 1 is 1.17 bits per heavy atom. The molecule has 0 radical (unpaired) electrons. The predicted octanol–water partition coefficient (Wildman–Crippen LogP) is 4.63. The van der Waals surface area contributed by atoms with E-state index in [2.05, 4.69) is 16.4 Å². The molecule has 1 N–H and O–H groups in total. The summed E-state index contributed by atoms with van der Waals surface area (Å²) in [6.07, 6.45) is 1.97.